The Hall–Kier alpha value is -3.09. The molecule has 156 valence electrons. The van der Waals surface area contributed by atoms with Crippen LogP contribution in [-0.2, 0) is 11.3 Å². The van der Waals surface area contributed by atoms with E-state index in [1.54, 1.807) is 18.3 Å². The van der Waals surface area contributed by atoms with Crippen molar-refractivity contribution in [2.24, 2.45) is 5.10 Å². The summed E-state index contributed by atoms with van der Waals surface area (Å²) in [7, 11) is 0. The van der Waals surface area contributed by atoms with Gasteiger partial charge in [0, 0.05) is 5.02 Å². The Labute approximate surface area is 190 Å². The molecule has 0 unspecified atom stereocenters. The second kappa shape index (κ2) is 9.81. The van der Waals surface area contributed by atoms with E-state index in [-0.39, 0.29) is 11.7 Å². The number of carbonyl (C=O) groups excluding carboxylic acids is 1. The average Bonchev–Trinajstić information content (AvgIpc) is 3.12. The highest BCUT2D eigenvalue weighted by Crippen LogP contribution is 2.25. The molecule has 31 heavy (non-hydrogen) atoms. The van der Waals surface area contributed by atoms with Crippen LogP contribution in [0, 0.1) is 6.92 Å². The fourth-order valence-electron chi connectivity index (χ4n) is 3.08. The number of hydrazone groups is 1. The Morgan fingerprint density at radius 1 is 1.10 bits per heavy atom. The van der Waals surface area contributed by atoms with Crippen molar-refractivity contribution in [3.8, 4) is 0 Å². The molecule has 1 heterocycles. The van der Waals surface area contributed by atoms with Gasteiger partial charge in [0.25, 0.3) is 5.91 Å². The van der Waals surface area contributed by atoms with Crippen molar-refractivity contribution < 1.29 is 4.79 Å². The van der Waals surface area contributed by atoms with E-state index in [9.17, 15) is 4.79 Å². The molecule has 0 spiro atoms. The van der Waals surface area contributed by atoms with Crippen LogP contribution < -0.4 is 5.43 Å². The number of para-hydroxylation sites is 2. The van der Waals surface area contributed by atoms with Crippen LogP contribution in [0.2, 0.25) is 5.02 Å². The molecular formula is C24H21ClN4OS. The number of fused-ring (bicyclic) bond motifs is 1. The quantitative estimate of drug-likeness (QED) is 0.237. The molecule has 0 aliphatic rings. The van der Waals surface area contributed by atoms with Crippen molar-refractivity contribution in [1.82, 2.24) is 15.0 Å². The Morgan fingerprint density at radius 2 is 1.84 bits per heavy atom. The monoisotopic (exact) mass is 448 g/mol. The summed E-state index contributed by atoms with van der Waals surface area (Å²) in [6.07, 6.45) is 1.59. The van der Waals surface area contributed by atoms with E-state index in [4.69, 9.17) is 16.6 Å². The molecule has 0 aliphatic heterocycles. The van der Waals surface area contributed by atoms with E-state index in [0.29, 0.717) is 11.6 Å². The van der Waals surface area contributed by atoms with Crippen LogP contribution in [0.1, 0.15) is 16.7 Å². The number of thioether (sulfide) groups is 1. The second-order valence-corrected chi connectivity index (χ2v) is 8.47. The summed E-state index contributed by atoms with van der Waals surface area (Å²) in [5, 5.41) is 5.48. The molecule has 0 atom stereocenters. The summed E-state index contributed by atoms with van der Waals surface area (Å²) in [5.41, 5.74) is 7.80. The molecule has 0 aliphatic carbocycles. The van der Waals surface area contributed by atoms with Crippen LogP contribution in [0.15, 0.2) is 83.1 Å². The number of aryl methyl sites for hydroxylation is 1. The number of hydrogen-bond donors (Lipinski definition) is 1. The third-order valence-electron chi connectivity index (χ3n) is 4.69. The molecule has 0 radical (unpaired) electrons. The molecule has 1 N–H and O–H groups in total. The zero-order valence-electron chi connectivity index (χ0n) is 17.0. The van der Waals surface area contributed by atoms with E-state index < -0.39 is 0 Å². The fourth-order valence-corrected chi connectivity index (χ4v) is 4.01. The van der Waals surface area contributed by atoms with Gasteiger partial charge in [0.1, 0.15) is 0 Å². The van der Waals surface area contributed by atoms with Gasteiger partial charge >= 0.3 is 0 Å². The number of rotatable bonds is 7. The van der Waals surface area contributed by atoms with Crippen molar-refractivity contribution in [2.45, 2.75) is 18.6 Å². The largest absolute Gasteiger partial charge is 0.314 e. The van der Waals surface area contributed by atoms with Crippen LogP contribution in [-0.4, -0.2) is 27.4 Å². The fraction of sp³-hybridized carbons (Fsp3) is 0.125. The predicted molar refractivity (Wildman–Crippen MR) is 128 cm³/mol. The number of nitrogens with zero attached hydrogens (tertiary/aromatic N) is 3. The molecule has 0 bridgehead atoms. The van der Waals surface area contributed by atoms with Crippen molar-refractivity contribution in [1.29, 1.82) is 0 Å². The Bertz CT molecular complexity index is 1220. The van der Waals surface area contributed by atoms with Crippen molar-refractivity contribution in [2.75, 3.05) is 5.75 Å². The highest BCUT2D eigenvalue weighted by Gasteiger charge is 2.13. The molecule has 0 fully saturated rings. The Balaban J connectivity index is 1.44. The van der Waals surface area contributed by atoms with Gasteiger partial charge in [0.05, 0.1) is 29.5 Å². The summed E-state index contributed by atoms with van der Waals surface area (Å²) in [6, 6.07) is 23.7. The van der Waals surface area contributed by atoms with Crippen LogP contribution in [0.3, 0.4) is 0 Å². The van der Waals surface area contributed by atoms with Crippen molar-refractivity contribution >= 4 is 46.5 Å². The second-order valence-electron chi connectivity index (χ2n) is 7.09. The van der Waals surface area contributed by atoms with Gasteiger partial charge in [-0.3, -0.25) is 4.79 Å². The standard InChI is InChI=1S/C24H21ClN4OS/c1-17-6-8-19(9-7-17)15-29-22-5-3-2-4-21(22)27-24(29)31-16-23(30)28-26-14-18-10-12-20(25)13-11-18/h2-14H,15-16H2,1H3,(H,28,30)/b26-14-. The number of imidazole rings is 1. The maximum absolute atomic E-state index is 12.3. The predicted octanol–water partition coefficient (Wildman–Crippen LogP) is 5.29. The van der Waals surface area contributed by atoms with Gasteiger partial charge in [-0.2, -0.15) is 5.10 Å². The van der Waals surface area contributed by atoms with Gasteiger partial charge in [0.2, 0.25) is 0 Å². The first-order valence-corrected chi connectivity index (χ1v) is 11.2. The number of aromatic nitrogens is 2. The van der Waals surface area contributed by atoms with Gasteiger partial charge in [-0.15, -0.1) is 0 Å². The molecule has 4 rings (SSSR count). The molecular weight excluding hydrogens is 428 g/mol. The van der Waals surface area contributed by atoms with Gasteiger partial charge < -0.3 is 4.57 Å². The minimum Gasteiger partial charge on any atom is -0.314 e. The molecule has 7 heteroatoms. The van der Waals surface area contributed by atoms with Crippen LogP contribution in [0.5, 0.6) is 0 Å². The number of amides is 1. The van der Waals surface area contributed by atoms with E-state index in [1.807, 2.05) is 30.3 Å². The van der Waals surface area contributed by atoms with Gasteiger partial charge in [0.15, 0.2) is 5.16 Å². The number of nitrogens with one attached hydrogen (secondary N) is 1. The molecule has 5 nitrogen and oxygen atoms in total. The first kappa shape index (κ1) is 21.2. The number of hydrogen-bond acceptors (Lipinski definition) is 4. The van der Waals surface area contributed by atoms with Gasteiger partial charge in [-0.25, -0.2) is 10.4 Å². The SMILES string of the molecule is Cc1ccc(Cn2c(SCC(=O)N/N=C\c3ccc(Cl)cc3)nc3ccccc32)cc1. The third-order valence-corrected chi connectivity index (χ3v) is 5.91. The molecule has 0 saturated heterocycles. The molecule has 1 aromatic heterocycles. The molecule has 3 aromatic carbocycles. The lowest BCUT2D eigenvalue weighted by Crippen LogP contribution is -2.20. The maximum Gasteiger partial charge on any atom is 0.250 e. The summed E-state index contributed by atoms with van der Waals surface area (Å²) in [4.78, 5) is 17.0. The molecule has 4 aromatic rings. The molecule has 0 saturated carbocycles. The molecule has 1 amide bonds. The van der Waals surface area contributed by atoms with Crippen LogP contribution >= 0.6 is 23.4 Å². The van der Waals surface area contributed by atoms with Crippen LogP contribution in [0.4, 0.5) is 0 Å². The highest BCUT2D eigenvalue weighted by molar-refractivity contribution is 7.99. The smallest absolute Gasteiger partial charge is 0.250 e. The summed E-state index contributed by atoms with van der Waals surface area (Å²) in [6.45, 7) is 2.77. The van der Waals surface area contributed by atoms with Crippen molar-refractivity contribution in [3.05, 3.63) is 94.5 Å². The minimum atomic E-state index is -0.191. The maximum atomic E-state index is 12.3. The minimum absolute atomic E-state index is 0.191. The van der Waals surface area contributed by atoms with Crippen LogP contribution in [0.25, 0.3) is 11.0 Å². The number of carbonyl (C=O) groups is 1. The lowest BCUT2D eigenvalue weighted by Gasteiger charge is -2.09. The van der Waals surface area contributed by atoms with Crippen molar-refractivity contribution in [3.63, 3.8) is 0 Å². The van der Waals surface area contributed by atoms with E-state index >= 15 is 0 Å². The zero-order chi connectivity index (χ0) is 21.6. The lowest BCUT2D eigenvalue weighted by atomic mass is 10.1. The Kier molecular flexibility index (Phi) is 6.70. The first-order chi connectivity index (χ1) is 15.1. The third kappa shape index (κ3) is 5.54. The van der Waals surface area contributed by atoms with E-state index in [1.165, 1.54) is 22.9 Å². The number of benzene rings is 3. The Morgan fingerprint density at radius 3 is 2.61 bits per heavy atom. The van der Waals surface area contributed by atoms with Gasteiger partial charge in [-0.05, 0) is 42.3 Å². The van der Waals surface area contributed by atoms with E-state index in [2.05, 4.69) is 52.3 Å². The van der Waals surface area contributed by atoms with Gasteiger partial charge in [-0.1, -0.05) is 77.5 Å². The average molecular weight is 449 g/mol. The van der Waals surface area contributed by atoms with E-state index in [0.717, 1.165) is 21.8 Å². The lowest BCUT2D eigenvalue weighted by molar-refractivity contribution is -0.118. The first-order valence-electron chi connectivity index (χ1n) is 9.79. The normalized spacial score (nSPS) is 11.3. The summed E-state index contributed by atoms with van der Waals surface area (Å²) < 4.78 is 2.15. The summed E-state index contributed by atoms with van der Waals surface area (Å²) in [5.74, 6) is 0.0268. The number of halogens is 1. The highest BCUT2D eigenvalue weighted by atomic mass is 35.5. The summed E-state index contributed by atoms with van der Waals surface area (Å²) >= 11 is 7.27. The topological polar surface area (TPSA) is 59.3 Å². The zero-order valence-corrected chi connectivity index (χ0v) is 18.5.